The van der Waals surface area contributed by atoms with Crippen LogP contribution in [0.15, 0.2) is 24.3 Å². The van der Waals surface area contributed by atoms with Gasteiger partial charge in [0.25, 0.3) is 5.91 Å². The van der Waals surface area contributed by atoms with Gasteiger partial charge in [-0.3, -0.25) is 4.79 Å². The normalized spacial score (nSPS) is 30.6. The van der Waals surface area contributed by atoms with E-state index >= 15 is 0 Å². The minimum atomic E-state index is 0.0734. The third-order valence-electron chi connectivity index (χ3n) is 4.12. The monoisotopic (exact) mass is 264 g/mol. The van der Waals surface area contributed by atoms with Gasteiger partial charge < -0.3 is 10.2 Å². The van der Waals surface area contributed by atoms with E-state index in [1.807, 2.05) is 23.1 Å². The van der Waals surface area contributed by atoms with Crippen molar-refractivity contribution < 1.29 is 4.79 Å². The highest BCUT2D eigenvalue weighted by atomic mass is 35.5. The number of hydrogen-bond acceptors (Lipinski definition) is 2. The van der Waals surface area contributed by atoms with E-state index in [2.05, 4.69) is 12.2 Å². The predicted molar refractivity (Wildman–Crippen MR) is 71.8 cm³/mol. The number of nitrogens with one attached hydrogen (secondary N) is 1. The number of rotatable bonds is 1. The Kier molecular flexibility index (Phi) is 3.04. The van der Waals surface area contributed by atoms with Crippen molar-refractivity contribution in [3.05, 3.63) is 34.9 Å². The van der Waals surface area contributed by atoms with Crippen LogP contribution in [-0.4, -0.2) is 36.0 Å². The second-order valence-electron chi connectivity index (χ2n) is 5.26. The molecule has 0 aliphatic carbocycles. The molecule has 2 aliphatic heterocycles. The lowest BCUT2D eigenvalue weighted by Gasteiger charge is -2.28. The molecule has 2 heterocycles. The molecule has 2 aliphatic rings. The zero-order chi connectivity index (χ0) is 12.7. The van der Waals surface area contributed by atoms with Crippen LogP contribution in [0.5, 0.6) is 0 Å². The first-order valence-electron chi connectivity index (χ1n) is 6.46. The first kappa shape index (κ1) is 12.0. The molecule has 0 saturated carbocycles. The Labute approximate surface area is 112 Å². The van der Waals surface area contributed by atoms with Crippen LogP contribution in [0, 0.1) is 5.92 Å². The van der Waals surface area contributed by atoms with Crippen molar-refractivity contribution in [2.24, 2.45) is 5.92 Å². The summed E-state index contributed by atoms with van der Waals surface area (Å²) in [6, 6.07) is 7.96. The fourth-order valence-electron chi connectivity index (χ4n) is 3.29. The first-order valence-corrected chi connectivity index (χ1v) is 6.84. The second-order valence-corrected chi connectivity index (χ2v) is 5.67. The van der Waals surface area contributed by atoms with Gasteiger partial charge in [-0.05, 0) is 31.4 Å². The molecule has 0 bridgehead atoms. The van der Waals surface area contributed by atoms with Crippen LogP contribution in [0.3, 0.4) is 0 Å². The Morgan fingerprint density at radius 1 is 1.39 bits per heavy atom. The van der Waals surface area contributed by atoms with E-state index in [4.69, 9.17) is 11.6 Å². The third kappa shape index (κ3) is 1.82. The number of amides is 1. The lowest BCUT2D eigenvalue weighted by molar-refractivity contribution is 0.0682. The minimum Gasteiger partial charge on any atom is -0.331 e. The number of halogens is 1. The summed E-state index contributed by atoms with van der Waals surface area (Å²) in [7, 11) is 0. The molecule has 4 heteroatoms. The number of hydrogen-bond donors (Lipinski definition) is 1. The van der Waals surface area contributed by atoms with Gasteiger partial charge in [0.2, 0.25) is 0 Å². The number of fused-ring (bicyclic) bond motifs is 1. The molecule has 2 fully saturated rings. The standard InChI is InChI=1S/C14H17ClN2O/c1-9-6-10-7-16-8-13(10)17(9)14(18)11-4-2-3-5-12(11)15/h2-5,9-10,13,16H,6-8H2,1H3. The molecule has 18 heavy (non-hydrogen) atoms. The molecule has 0 spiro atoms. The van der Waals surface area contributed by atoms with Crippen LogP contribution in [0.2, 0.25) is 5.02 Å². The van der Waals surface area contributed by atoms with Gasteiger partial charge in [-0.2, -0.15) is 0 Å². The van der Waals surface area contributed by atoms with Crippen molar-refractivity contribution in [3.63, 3.8) is 0 Å². The highest BCUT2D eigenvalue weighted by molar-refractivity contribution is 6.33. The first-order chi connectivity index (χ1) is 8.68. The van der Waals surface area contributed by atoms with E-state index in [0.717, 1.165) is 19.5 Å². The van der Waals surface area contributed by atoms with Gasteiger partial charge in [-0.1, -0.05) is 23.7 Å². The maximum atomic E-state index is 12.6. The van der Waals surface area contributed by atoms with Crippen molar-refractivity contribution in [3.8, 4) is 0 Å². The van der Waals surface area contributed by atoms with Crippen LogP contribution in [-0.2, 0) is 0 Å². The zero-order valence-electron chi connectivity index (χ0n) is 10.4. The van der Waals surface area contributed by atoms with Crippen molar-refractivity contribution in [1.82, 2.24) is 10.2 Å². The Morgan fingerprint density at radius 2 is 2.17 bits per heavy atom. The molecule has 1 N–H and O–H groups in total. The summed E-state index contributed by atoms with van der Waals surface area (Å²) < 4.78 is 0. The van der Waals surface area contributed by atoms with Crippen molar-refractivity contribution in [2.45, 2.75) is 25.4 Å². The Hall–Kier alpha value is -1.06. The molecule has 1 aromatic rings. The molecular formula is C14H17ClN2O. The molecule has 3 atom stereocenters. The van der Waals surface area contributed by atoms with E-state index in [-0.39, 0.29) is 5.91 Å². The van der Waals surface area contributed by atoms with Crippen molar-refractivity contribution in [1.29, 1.82) is 0 Å². The van der Waals surface area contributed by atoms with Gasteiger partial charge in [0.15, 0.2) is 0 Å². The maximum absolute atomic E-state index is 12.6. The molecule has 2 saturated heterocycles. The molecular weight excluding hydrogens is 248 g/mol. The van der Waals surface area contributed by atoms with Crippen LogP contribution < -0.4 is 5.32 Å². The lowest BCUT2D eigenvalue weighted by atomic mass is 10.0. The summed E-state index contributed by atoms with van der Waals surface area (Å²) in [4.78, 5) is 14.7. The zero-order valence-corrected chi connectivity index (χ0v) is 11.2. The van der Waals surface area contributed by atoms with Gasteiger partial charge in [-0.25, -0.2) is 0 Å². The minimum absolute atomic E-state index is 0.0734. The van der Waals surface area contributed by atoms with E-state index < -0.39 is 0 Å². The van der Waals surface area contributed by atoms with Gasteiger partial charge >= 0.3 is 0 Å². The number of carbonyl (C=O) groups is 1. The Morgan fingerprint density at radius 3 is 2.94 bits per heavy atom. The van der Waals surface area contributed by atoms with Crippen LogP contribution in [0.1, 0.15) is 23.7 Å². The predicted octanol–water partition coefficient (Wildman–Crippen LogP) is 2.16. The SMILES string of the molecule is CC1CC2CNCC2N1C(=O)c1ccccc1Cl. The molecule has 3 unspecified atom stereocenters. The summed E-state index contributed by atoms with van der Waals surface area (Å²) >= 11 is 6.13. The lowest BCUT2D eigenvalue weighted by Crippen LogP contribution is -2.42. The quantitative estimate of drug-likeness (QED) is 0.843. The number of nitrogens with zero attached hydrogens (tertiary/aromatic N) is 1. The van der Waals surface area contributed by atoms with E-state index in [9.17, 15) is 4.79 Å². The summed E-state index contributed by atoms with van der Waals surface area (Å²) in [6.45, 7) is 4.07. The topological polar surface area (TPSA) is 32.3 Å². The molecule has 0 aromatic heterocycles. The second kappa shape index (κ2) is 4.56. The number of benzene rings is 1. The van der Waals surface area contributed by atoms with E-state index in [1.54, 1.807) is 6.07 Å². The fourth-order valence-corrected chi connectivity index (χ4v) is 3.50. The largest absolute Gasteiger partial charge is 0.331 e. The summed E-state index contributed by atoms with van der Waals surface area (Å²) in [5.74, 6) is 0.677. The highest BCUT2D eigenvalue weighted by Crippen LogP contribution is 2.34. The van der Waals surface area contributed by atoms with Crippen LogP contribution in [0.4, 0.5) is 0 Å². The molecule has 96 valence electrons. The van der Waals surface area contributed by atoms with Gasteiger partial charge in [-0.15, -0.1) is 0 Å². The number of likely N-dealkylation sites (tertiary alicyclic amines) is 1. The molecule has 1 aromatic carbocycles. The average molecular weight is 265 g/mol. The third-order valence-corrected chi connectivity index (χ3v) is 4.45. The van der Waals surface area contributed by atoms with Crippen molar-refractivity contribution >= 4 is 17.5 Å². The van der Waals surface area contributed by atoms with E-state index in [1.165, 1.54) is 0 Å². The number of carbonyl (C=O) groups excluding carboxylic acids is 1. The summed E-state index contributed by atoms with van der Waals surface area (Å²) in [6.07, 6.45) is 1.09. The summed E-state index contributed by atoms with van der Waals surface area (Å²) in [5, 5.41) is 3.91. The van der Waals surface area contributed by atoms with Gasteiger partial charge in [0.1, 0.15) is 0 Å². The molecule has 1 amide bonds. The van der Waals surface area contributed by atoms with Gasteiger partial charge in [0, 0.05) is 25.2 Å². The molecule has 3 rings (SSSR count). The molecule has 3 nitrogen and oxygen atoms in total. The van der Waals surface area contributed by atoms with Crippen LogP contribution in [0.25, 0.3) is 0 Å². The van der Waals surface area contributed by atoms with Crippen molar-refractivity contribution in [2.75, 3.05) is 13.1 Å². The van der Waals surface area contributed by atoms with Crippen LogP contribution >= 0.6 is 11.6 Å². The maximum Gasteiger partial charge on any atom is 0.255 e. The van der Waals surface area contributed by atoms with E-state index in [0.29, 0.717) is 28.6 Å². The average Bonchev–Trinajstić information content (AvgIpc) is 2.88. The highest BCUT2D eigenvalue weighted by Gasteiger charge is 2.44. The fraction of sp³-hybridized carbons (Fsp3) is 0.500. The van der Waals surface area contributed by atoms with Gasteiger partial charge in [0.05, 0.1) is 10.6 Å². The molecule has 0 radical (unpaired) electrons. The Bertz CT molecular complexity index is 477. The summed E-state index contributed by atoms with van der Waals surface area (Å²) in [5.41, 5.74) is 0.624. The smallest absolute Gasteiger partial charge is 0.255 e. The Balaban J connectivity index is 1.90.